The van der Waals surface area contributed by atoms with E-state index in [4.69, 9.17) is 16.3 Å². The summed E-state index contributed by atoms with van der Waals surface area (Å²) in [7, 11) is 0. The highest BCUT2D eigenvalue weighted by Gasteiger charge is 2.28. The van der Waals surface area contributed by atoms with E-state index in [1.807, 2.05) is 0 Å². The Morgan fingerprint density at radius 2 is 2.41 bits per heavy atom. The zero-order valence-electron chi connectivity index (χ0n) is 9.52. The van der Waals surface area contributed by atoms with Gasteiger partial charge in [-0.3, -0.25) is 4.90 Å². The van der Waals surface area contributed by atoms with Crippen LogP contribution in [0.4, 0.5) is 10.5 Å². The Kier molecular flexibility index (Phi) is 3.54. The molecule has 1 N–H and O–H groups in total. The molecule has 0 fully saturated rings. The lowest BCUT2D eigenvalue weighted by Crippen LogP contribution is -2.37. The first-order valence-corrected chi connectivity index (χ1v) is 5.93. The molecule has 0 radical (unpaired) electrons. The lowest BCUT2D eigenvalue weighted by molar-refractivity contribution is 0.146. The Labute approximate surface area is 105 Å². The van der Waals surface area contributed by atoms with E-state index < -0.39 is 6.10 Å². The summed E-state index contributed by atoms with van der Waals surface area (Å²) in [6.07, 6.45) is -0.469. The van der Waals surface area contributed by atoms with Gasteiger partial charge in [0.1, 0.15) is 0 Å². The molecular weight excluding hydrogens is 242 g/mol. The summed E-state index contributed by atoms with van der Waals surface area (Å²) < 4.78 is 4.98. The van der Waals surface area contributed by atoms with E-state index in [1.54, 1.807) is 25.1 Å². The molecule has 0 spiro atoms. The number of hydrogen-bond donors (Lipinski definition) is 1. The van der Waals surface area contributed by atoms with Gasteiger partial charge in [-0.05, 0) is 31.5 Å². The molecule has 2 rings (SSSR count). The van der Waals surface area contributed by atoms with Crippen LogP contribution in [-0.4, -0.2) is 24.4 Å². The van der Waals surface area contributed by atoms with Crippen LogP contribution >= 0.6 is 11.6 Å². The minimum atomic E-state index is -0.575. The highest BCUT2D eigenvalue weighted by atomic mass is 35.5. The Morgan fingerprint density at radius 1 is 1.65 bits per heavy atom. The van der Waals surface area contributed by atoms with Crippen LogP contribution in [0.5, 0.6) is 0 Å². The molecule has 0 aromatic heterocycles. The maximum Gasteiger partial charge on any atom is 0.414 e. The van der Waals surface area contributed by atoms with Crippen molar-refractivity contribution in [1.82, 2.24) is 0 Å². The second kappa shape index (κ2) is 4.94. The molecule has 0 bridgehead atoms. The lowest BCUT2D eigenvalue weighted by atomic mass is 9.99. The fourth-order valence-corrected chi connectivity index (χ4v) is 2.14. The maximum atomic E-state index is 11.7. The number of fused-ring (bicyclic) bond motifs is 1. The zero-order valence-corrected chi connectivity index (χ0v) is 10.3. The standard InChI is InChI=1S/C12H14ClNO3/c1-2-17-12(16)14-6-5-11(15)9-7-8(13)3-4-10(9)14/h3-4,7,11,15H,2,5-6H2,1H3. The van der Waals surface area contributed by atoms with Crippen LogP contribution in [-0.2, 0) is 4.74 Å². The van der Waals surface area contributed by atoms with E-state index in [1.165, 1.54) is 4.90 Å². The number of amides is 1. The van der Waals surface area contributed by atoms with E-state index in [0.717, 1.165) is 0 Å². The Hall–Kier alpha value is -1.26. The van der Waals surface area contributed by atoms with Crippen LogP contribution in [0, 0.1) is 0 Å². The van der Waals surface area contributed by atoms with Gasteiger partial charge in [-0.25, -0.2) is 4.79 Å². The summed E-state index contributed by atoms with van der Waals surface area (Å²) in [5.41, 5.74) is 1.35. The van der Waals surface area contributed by atoms with Gasteiger partial charge in [0.2, 0.25) is 0 Å². The van der Waals surface area contributed by atoms with Crippen molar-refractivity contribution in [3.05, 3.63) is 28.8 Å². The van der Waals surface area contributed by atoms with Crippen molar-refractivity contribution in [3.8, 4) is 0 Å². The molecular formula is C12H14ClNO3. The largest absolute Gasteiger partial charge is 0.449 e. The van der Waals surface area contributed by atoms with Crippen molar-refractivity contribution in [2.75, 3.05) is 18.1 Å². The third kappa shape index (κ3) is 2.37. The number of hydrogen-bond acceptors (Lipinski definition) is 3. The Balaban J connectivity index is 2.35. The van der Waals surface area contributed by atoms with Crippen LogP contribution in [0.25, 0.3) is 0 Å². The van der Waals surface area contributed by atoms with E-state index >= 15 is 0 Å². The second-order valence-electron chi connectivity index (χ2n) is 3.86. The van der Waals surface area contributed by atoms with Gasteiger partial charge in [-0.2, -0.15) is 0 Å². The van der Waals surface area contributed by atoms with Gasteiger partial charge in [0.15, 0.2) is 0 Å². The number of carbonyl (C=O) groups excluding carboxylic acids is 1. The highest BCUT2D eigenvalue weighted by Crippen LogP contribution is 2.35. The molecule has 1 aromatic carbocycles. The topological polar surface area (TPSA) is 49.8 Å². The molecule has 1 amide bonds. The first-order valence-electron chi connectivity index (χ1n) is 5.55. The summed E-state index contributed by atoms with van der Waals surface area (Å²) in [6.45, 7) is 2.55. The molecule has 5 heteroatoms. The Morgan fingerprint density at radius 3 is 3.12 bits per heavy atom. The third-order valence-corrected chi connectivity index (χ3v) is 2.99. The molecule has 0 aliphatic carbocycles. The summed E-state index contributed by atoms with van der Waals surface area (Å²) in [5.74, 6) is 0. The quantitative estimate of drug-likeness (QED) is 0.839. The first kappa shape index (κ1) is 12.2. The number of aliphatic hydroxyl groups is 1. The molecule has 0 saturated heterocycles. The number of ether oxygens (including phenoxy) is 1. The minimum Gasteiger partial charge on any atom is -0.449 e. The number of aliphatic hydroxyl groups excluding tert-OH is 1. The summed E-state index contributed by atoms with van der Waals surface area (Å²) in [5, 5.41) is 10.4. The fourth-order valence-electron chi connectivity index (χ4n) is 1.96. The molecule has 92 valence electrons. The summed E-state index contributed by atoms with van der Waals surface area (Å²) >= 11 is 5.88. The molecule has 1 aromatic rings. The minimum absolute atomic E-state index is 0.334. The monoisotopic (exact) mass is 255 g/mol. The Bertz CT molecular complexity index is 436. The van der Waals surface area contributed by atoms with Gasteiger partial charge in [-0.15, -0.1) is 0 Å². The van der Waals surface area contributed by atoms with Crippen molar-refractivity contribution in [1.29, 1.82) is 0 Å². The third-order valence-electron chi connectivity index (χ3n) is 2.75. The van der Waals surface area contributed by atoms with E-state index in [2.05, 4.69) is 0 Å². The predicted molar refractivity (Wildman–Crippen MR) is 65.4 cm³/mol. The van der Waals surface area contributed by atoms with Crippen LogP contribution in [0.3, 0.4) is 0 Å². The summed E-state index contributed by atoms with van der Waals surface area (Å²) in [6, 6.07) is 5.12. The predicted octanol–water partition coefficient (Wildman–Crippen LogP) is 2.74. The lowest BCUT2D eigenvalue weighted by Gasteiger charge is -2.31. The van der Waals surface area contributed by atoms with E-state index in [-0.39, 0.29) is 6.09 Å². The second-order valence-corrected chi connectivity index (χ2v) is 4.29. The van der Waals surface area contributed by atoms with Crippen LogP contribution < -0.4 is 4.90 Å². The SMILES string of the molecule is CCOC(=O)N1CCC(O)c2cc(Cl)ccc21. The fraction of sp³-hybridized carbons (Fsp3) is 0.417. The van der Waals surface area contributed by atoms with Crippen molar-refractivity contribution in [3.63, 3.8) is 0 Å². The zero-order chi connectivity index (χ0) is 12.4. The number of carbonyl (C=O) groups is 1. The van der Waals surface area contributed by atoms with Crippen molar-refractivity contribution >= 4 is 23.4 Å². The van der Waals surface area contributed by atoms with Gasteiger partial charge >= 0.3 is 6.09 Å². The normalized spacial score (nSPS) is 18.8. The average molecular weight is 256 g/mol. The number of nitrogens with zero attached hydrogens (tertiary/aromatic N) is 1. The van der Waals surface area contributed by atoms with Crippen molar-refractivity contribution < 1.29 is 14.6 Å². The van der Waals surface area contributed by atoms with Crippen LogP contribution in [0.15, 0.2) is 18.2 Å². The van der Waals surface area contributed by atoms with Gasteiger partial charge in [0.05, 0.1) is 18.4 Å². The molecule has 4 nitrogen and oxygen atoms in total. The number of benzene rings is 1. The van der Waals surface area contributed by atoms with Gasteiger partial charge < -0.3 is 9.84 Å². The van der Waals surface area contributed by atoms with Crippen molar-refractivity contribution in [2.45, 2.75) is 19.4 Å². The van der Waals surface area contributed by atoms with E-state index in [0.29, 0.717) is 35.8 Å². The van der Waals surface area contributed by atoms with E-state index in [9.17, 15) is 9.90 Å². The number of halogens is 1. The molecule has 1 unspecified atom stereocenters. The maximum absolute atomic E-state index is 11.7. The smallest absolute Gasteiger partial charge is 0.414 e. The average Bonchev–Trinajstić information content (AvgIpc) is 2.30. The highest BCUT2D eigenvalue weighted by molar-refractivity contribution is 6.30. The molecule has 0 saturated carbocycles. The number of anilines is 1. The van der Waals surface area contributed by atoms with Gasteiger partial charge in [-0.1, -0.05) is 11.6 Å². The molecule has 17 heavy (non-hydrogen) atoms. The van der Waals surface area contributed by atoms with Crippen LogP contribution in [0.1, 0.15) is 25.0 Å². The van der Waals surface area contributed by atoms with Crippen molar-refractivity contribution in [2.24, 2.45) is 0 Å². The molecule has 1 atom stereocenters. The molecule has 1 aliphatic heterocycles. The first-order chi connectivity index (χ1) is 8.13. The number of rotatable bonds is 1. The van der Waals surface area contributed by atoms with Crippen LogP contribution in [0.2, 0.25) is 5.02 Å². The van der Waals surface area contributed by atoms with Gasteiger partial charge in [0.25, 0.3) is 0 Å². The summed E-state index contributed by atoms with van der Waals surface area (Å²) in [4.78, 5) is 13.3. The van der Waals surface area contributed by atoms with Gasteiger partial charge in [0, 0.05) is 17.1 Å². The molecule has 1 heterocycles. The molecule has 1 aliphatic rings.